The van der Waals surface area contributed by atoms with Crippen molar-refractivity contribution >= 4 is 22.6 Å². The van der Waals surface area contributed by atoms with Crippen molar-refractivity contribution in [2.45, 2.75) is 39.2 Å². The molecule has 0 spiro atoms. The summed E-state index contributed by atoms with van der Waals surface area (Å²) in [5, 5.41) is 0. The van der Waals surface area contributed by atoms with Crippen molar-refractivity contribution in [3.05, 3.63) is 0 Å². The number of nitrogens with zero attached hydrogens (tertiary/aromatic N) is 1. The fourth-order valence-corrected chi connectivity index (χ4v) is 2.78. The first kappa shape index (κ1) is 10.8. The van der Waals surface area contributed by atoms with Crippen molar-refractivity contribution in [1.29, 1.82) is 0 Å². The van der Waals surface area contributed by atoms with Gasteiger partial charge in [0.25, 0.3) is 0 Å². The zero-order valence-electron chi connectivity index (χ0n) is 8.22. The minimum atomic E-state index is 0.841. The van der Waals surface area contributed by atoms with E-state index >= 15 is 0 Å². The first-order valence-electron chi connectivity index (χ1n) is 5.05. The van der Waals surface area contributed by atoms with Crippen molar-refractivity contribution in [1.82, 2.24) is 4.90 Å². The molecule has 0 saturated carbocycles. The molecule has 1 saturated heterocycles. The zero-order chi connectivity index (χ0) is 8.97. The number of hydrogen-bond donors (Lipinski definition) is 0. The normalized spacial score (nSPS) is 26.5. The Morgan fingerprint density at radius 3 is 2.75 bits per heavy atom. The Labute approximate surface area is 90.0 Å². The van der Waals surface area contributed by atoms with Gasteiger partial charge in [-0.25, -0.2) is 0 Å². The third-order valence-corrected chi connectivity index (χ3v) is 3.29. The molecule has 0 aromatic carbocycles. The van der Waals surface area contributed by atoms with Crippen LogP contribution in [0.5, 0.6) is 0 Å². The van der Waals surface area contributed by atoms with Crippen molar-refractivity contribution in [2.24, 2.45) is 5.92 Å². The molecule has 12 heavy (non-hydrogen) atoms. The van der Waals surface area contributed by atoms with Crippen LogP contribution in [-0.2, 0) is 0 Å². The summed E-state index contributed by atoms with van der Waals surface area (Å²) >= 11 is 2.48. The van der Waals surface area contributed by atoms with Crippen molar-refractivity contribution in [2.75, 3.05) is 17.5 Å². The van der Waals surface area contributed by atoms with Crippen LogP contribution in [0, 0.1) is 5.92 Å². The van der Waals surface area contributed by atoms with E-state index in [2.05, 4.69) is 41.3 Å². The van der Waals surface area contributed by atoms with E-state index in [1.165, 1.54) is 36.8 Å². The Morgan fingerprint density at radius 1 is 1.42 bits per heavy atom. The van der Waals surface area contributed by atoms with E-state index in [1.807, 2.05) is 0 Å². The fraction of sp³-hybridized carbons (Fsp3) is 1.00. The highest BCUT2D eigenvalue weighted by molar-refractivity contribution is 14.1. The highest BCUT2D eigenvalue weighted by Crippen LogP contribution is 2.22. The zero-order valence-corrected chi connectivity index (χ0v) is 10.4. The lowest BCUT2D eigenvalue weighted by atomic mass is 9.93. The third kappa shape index (κ3) is 2.87. The summed E-state index contributed by atoms with van der Waals surface area (Å²) in [5.74, 6) is 0.841. The van der Waals surface area contributed by atoms with E-state index in [0.29, 0.717) is 0 Å². The minimum Gasteiger partial charge on any atom is -0.299 e. The van der Waals surface area contributed by atoms with Gasteiger partial charge in [0.2, 0.25) is 0 Å². The number of halogens is 1. The van der Waals surface area contributed by atoms with Crippen molar-refractivity contribution in [3.63, 3.8) is 0 Å². The Kier molecular flexibility index (Phi) is 4.87. The van der Waals surface area contributed by atoms with E-state index in [9.17, 15) is 0 Å². The van der Waals surface area contributed by atoms with Crippen LogP contribution >= 0.6 is 22.6 Å². The second-order valence-corrected chi connectivity index (χ2v) is 5.11. The van der Waals surface area contributed by atoms with Crippen LogP contribution < -0.4 is 0 Å². The molecule has 1 atom stereocenters. The Bertz CT molecular complexity index is 123. The minimum absolute atomic E-state index is 0.841. The number of rotatable bonds is 3. The Morgan fingerprint density at radius 2 is 2.17 bits per heavy atom. The van der Waals surface area contributed by atoms with Gasteiger partial charge in [0.1, 0.15) is 0 Å². The molecule has 0 aliphatic carbocycles. The largest absolute Gasteiger partial charge is 0.299 e. The number of piperidine rings is 1. The molecule has 1 unspecified atom stereocenters. The average molecular weight is 281 g/mol. The monoisotopic (exact) mass is 281 g/mol. The van der Waals surface area contributed by atoms with Crippen LogP contribution in [0.25, 0.3) is 0 Å². The summed E-state index contributed by atoms with van der Waals surface area (Å²) in [6.45, 7) is 7.35. The quantitative estimate of drug-likeness (QED) is 0.568. The third-order valence-electron chi connectivity index (χ3n) is 2.81. The summed E-state index contributed by atoms with van der Waals surface area (Å²) in [7, 11) is 0. The van der Waals surface area contributed by atoms with Crippen LogP contribution in [0.4, 0.5) is 0 Å². The van der Waals surface area contributed by atoms with Gasteiger partial charge < -0.3 is 0 Å². The molecule has 1 nitrogen and oxygen atoms in total. The van der Waals surface area contributed by atoms with Gasteiger partial charge in [-0.1, -0.05) is 42.9 Å². The van der Waals surface area contributed by atoms with Gasteiger partial charge in [0.15, 0.2) is 0 Å². The predicted molar refractivity (Wildman–Crippen MR) is 62.9 cm³/mol. The summed E-state index contributed by atoms with van der Waals surface area (Å²) in [5.41, 5.74) is 0. The first-order chi connectivity index (χ1) is 5.75. The summed E-state index contributed by atoms with van der Waals surface area (Å²) in [6.07, 6.45) is 4.29. The molecule has 72 valence electrons. The highest BCUT2D eigenvalue weighted by atomic mass is 127. The number of hydrogen-bond acceptors (Lipinski definition) is 1. The topological polar surface area (TPSA) is 3.24 Å². The van der Waals surface area contributed by atoms with Crippen LogP contribution in [0.2, 0.25) is 0 Å². The molecule has 0 amide bonds. The highest BCUT2D eigenvalue weighted by Gasteiger charge is 2.23. The van der Waals surface area contributed by atoms with Crippen LogP contribution in [-0.4, -0.2) is 28.5 Å². The van der Waals surface area contributed by atoms with Crippen molar-refractivity contribution in [3.8, 4) is 0 Å². The molecular weight excluding hydrogens is 261 g/mol. The van der Waals surface area contributed by atoms with Crippen LogP contribution in [0.1, 0.15) is 33.1 Å². The standard InChI is InChI=1S/C10H20IN/c1-9(2)10-5-3-4-7-12(10)8-6-11/h9-10H,3-8H2,1-2H3. The number of likely N-dealkylation sites (tertiary alicyclic amines) is 1. The van der Waals surface area contributed by atoms with Gasteiger partial charge in [0.05, 0.1) is 0 Å². The maximum absolute atomic E-state index is 2.68. The molecule has 0 N–H and O–H groups in total. The molecule has 0 aromatic heterocycles. The van der Waals surface area contributed by atoms with Gasteiger partial charge in [-0.15, -0.1) is 0 Å². The average Bonchev–Trinajstić information content (AvgIpc) is 2.05. The van der Waals surface area contributed by atoms with E-state index in [-0.39, 0.29) is 0 Å². The molecule has 1 heterocycles. The summed E-state index contributed by atoms with van der Waals surface area (Å²) in [4.78, 5) is 2.68. The predicted octanol–water partition coefficient (Wildman–Crippen LogP) is 2.93. The molecule has 0 bridgehead atoms. The molecule has 2 heteroatoms. The Hall–Kier alpha value is 0.690. The van der Waals surface area contributed by atoms with Crippen LogP contribution in [0.15, 0.2) is 0 Å². The number of alkyl halides is 1. The molecule has 1 fully saturated rings. The van der Waals surface area contributed by atoms with Gasteiger partial charge in [-0.05, 0) is 25.3 Å². The second-order valence-electron chi connectivity index (χ2n) is 4.03. The second kappa shape index (κ2) is 5.43. The fourth-order valence-electron chi connectivity index (χ4n) is 2.16. The van der Waals surface area contributed by atoms with E-state index < -0.39 is 0 Å². The lowest BCUT2D eigenvalue weighted by Gasteiger charge is -2.37. The van der Waals surface area contributed by atoms with Gasteiger partial charge >= 0.3 is 0 Å². The molecular formula is C10H20IN. The molecule has 1 rings (SSSR count). The first-order valence-corrected chi connectivity index (χ1v) is 6.58. The lowest BCUT2D eigenvalue weighted by Crippen LogP contribution is -2.43. The van der Waals surface area contributed by atoms with Crippen molar-refractivity contribution < 1.29 is 0 Å². The molecule has 0 radical (unpaired) electrons. The Balaban J connectivity index is 2.42. The summed E-state index contributed by atoms with van der Waals surface area (Å²) < 4.78 is 1.28. The van der Waals surface area contributed by atoms with Gasteiger partial charge in [-0.3, -0.25) is 4.90 Å². The SMILES string of the molecule is CC(C)C1CCCCN1CCI. The maximum atomic E-state index is 2.68. The van der Waals surface area contributed by atoms with Gasteiger partial charge in [0, 0.05) is 17.0 Å². The molecule has 0 aromatic rings. The smallest absolute Gasteiger partial charge is 0.0123 e. The maximum Gasteiger partial charge on any atom is 0.0123 e. The van der Waals surface area contributed by atoms with Crippen LogP contribution in [0.3, 0.4) is 0 Å². The lowest BCUT2D eigenvalue weighted by molar-refractivity contribution is 0.121. The van der Waals surface area contributed by atoms with Gasteiger partial charge in [-0.2, -0.15) is 0 Å². The summed E-state index contributed by atoms with van der Waals surface area (Å²) in [6, 6.07) is 0.869. The van der Waals surface area contributed by atoms with E-state index in [4.69, 9.17) is 0 Å². The molecule has 1 aliphatic heterocycles. The van der Waals surface area contributed by atoms with E-state index in [0.717, 1.165) is 12.0 Å². The van der Waals surface area contributed by atoms with E-state index in [1.54, 1.807) is 0 Å². The molecule has 1 aliphatic rings.